The molecule has 0 aliphatic rings. The number of nitrogens with one attached hydrogen (secondary N) is 1. The van der Waals surface area contributed by atoms with Crippen LogP contribution in [0.2, 0.25) is 0 Å². The Hall–Kier alpha value is -1.40. The summed E-state index contributed by atoms with van der Waals surface area (Å²) in [5.74, 6) is -0.799. The van der Waals surface area contributed by atoms with E-state index in [9.17, 15) is 9.59 Å². The average molecular weight is 357 g/mol. The summed E-state index contributed by atoms with van der Waals surface area (Å²) in [5.41, 5.74) is 6.71. The molecule has 0 fully saturated rings. The summed E-state index contributed by atoms with van der Waals surface area (Å²) in [7, 11) is 0. The van der Waals surface area contributed by atoms with Crippen molar-refractivity contribution in [1.29, 1.82) is 0 Å². The molecule has 0 heterocycles. The lowest BCUT2D eigenvalue weighted by Crippen LogP contribution is -2.45. The van der Waals surface area contributed by atoms with Gasteiger partial charge in [-0.3, -0.25) is 9.59 Å². The Morgan fingerprint density at radius 3 is 2.33 bits per heavy atom. The topological polar surface area (TPSA) is 81.4 Å². The van der Waals surface area contributed by atoms with Crippen LogP contribution in [0.5, 0.6) is 0 Å². The molecule has 1 unspecified atom stereocenters. The summed E-state index contributed by atoms with van der Waals surface area (Å²) in [4.78, 5) is 23.6. The number of esters is 1. The summed E-state index contributed by atoms with van der Waals surface area (Å²) in [6.07, 6.45) is 0. The third kappa shape index (κ3) is 6.27. The molecular weight excluding hydrogens is 336 g/mol. The van der Waals surface area contributed by atoms with Crippen molar-refractivity contribution in [3.8, 4) is 0 Å². The van der Waals surface area contributed by atoms with Crippen LogP contribution < -0.4 is 11.1 Å². The third-order valence-electron chi connectivity index (χ3n) is 2.56. The fourth-order valence-corrected chi connectivity index (χ4v) is 1.88. The van der Waals surface area contributed by atoms with Gasteiger partial charge in [-0.05, 0) is 38.5 Å². The molecule has 6 heteroatoms. The highest BCUT2D eigenvalue weighted by molar-refractivity contribution is 9.08. The molecule has 0 radical (unpaired) electrons. The van der Waals surface area contributed by atoms with E-state index in [-0.39, 0.29) is 12.5 Å². The van der Waals surface area contributed by atoms with Crippen LogP contribution in [0, 0.1) is 0 Å². The first-order valence-corrected chi connectivity index (χ1v) is 7.76. The lowest BCUT2D eigenvalue weighted by molar-refractivity contribution is -0.156. The van der Waals surface area contributed by atoms with Gasteiger partial charge >= 0.3 is 5.97 Å². The molecule has 0 aliphatic heterocycles. The number of hydrogen-bond acceptors (Lipinski definition) is 4. The SMILES string of the molecule is CC(C)(C)OC(=O)C(N)CNC(=O)c1ccc(CBr)cc1. The molecule has 1 aromatic rings. The van der Waals surface area contributed by atoms with E-state index in [2.05, 4.69) is 21.2 Å². The maximum absolute atomic E-state index is 11.9. The van der Waals surface area contributed by atoms with Crippen LogP contribution in [0.25, 0.3) is 0 Å². The molecule has 1 amide bonds. The first kappa shape index (κ1) is 17.7. The number of ether oxygens (including phenoxy) is 1. The van der Waals surface area contributed by atoms with E-state index < -0.39 is 17.6 Å². The van der Waals surface area contributed by atoms with Crippen LogP contribution in [-0.4, -0.2) is 30.1 Å². The van der Waals surface area contributed by atoms with E-state index in [0.29, 0.717) is 5.56 Å². The summed E-state index contributed by atoms with van der Waals surface area (Å²) in [6.45, 7) is 5.33. The first-order valence-electron chi connectivity index (χ1n) is 6.64. The minimum absolute atomic E-state index is 0.0357. The Kier molecular flexibility index (Phi) is 6.36. The molecule has 3 N–H and O–H groups in total. The van der Waals surface area contributed by atoms with Gasteiger partial charge in [-0.2, -0.15) is 0 Å². The van der Waals surface area contributed by atoms with Gasteiger partial charge in [0.25, 0.3) is 5.91 Å². The van der Waals surface area contributed by atoms with Gasteiger partial charge in [-0.1, -0.05) is 28.1 Å². The number of carbonyl (C=O) groups excluding carboxylic acids is 2. The van der Waals surface area contributed by atoms with Gasteiger partial charge in [-0.15, -0.1) is 0 Å². The van der Waals surface area contributed by atoms with Crippen LogP contribution in [0.3, 0.4) is 0 Å². The average Bonchev–Trinajstić information content (AvgIpc) is 2.42. The van der Waals surface area contributed by atoms with Crippen molar-refractivity contribution in [2.24, 2.45) is 5.73 Å². The minimum Gasteiger partial charge on any atom is -0.459 e. The van der Waals surface area contributed by atoms with E-state index in [1.165, 1.54) is 0 Å². The fourth-order valence-electron chi connectivity index (χ4n) is 1.51. The van der Waals surface area contributed by atoms with E-state index in [0.717, 1.165) is 10.9 Å². The zero-order valence-electron chi connectivity index (χ0n) is 12.5. The molecule has 1 rings (SSSR count). The molecule has 0 saturated carbocycles. The number of hydrogen-bond donors (Lipinski definition) is 2. The molecule has 1 atom stereocenters. The van der Waals surface area contributed by atoms with E-state index in [1.807, 2.05) is 12.1 Å². The smallest absolute Gasteiger partial charge is 0.325 e. The number of carbonyl (C=O) groups is 2. The second-order valence-electron chi connectivity index (χ2n) is 5.68. The van der Waals surface area contributed by atoms with Crippen LogP contribution in [0.15, 0.2) is 24.3 Å². The number of nitrogens with two attached hydrogens (primary N) is 1. The Morgan fingerprint density at radius 1 is 1.29 bits per heavy atom. The Labute approximate surface area is 133 Å². The number of rotatable bonds is 5. The second-order valence-corrected chi connectivity index (χ2v) is 6.24. The van der Waals surface area contributed by atoms with Crippen molar-refractivity contribution in [3.05, 3.63) is 35.4 Å². The van der Waals surface area contributed by atoms with Gasteiger partial charge < -0.3 is 15.8 Å². The number of amides is 1. The largest absolute Gasteiger partial charge is 0.459 e. The molecule has 116 valence electrons. The predicted octanol–water partition coefficient (Wildman–Crippen LogP) is 1.98. The Bertz CT molecular complexity index is 495. The standard InChI is InChI=1S/C15H21BrN2O3/c1-15(2,3)21-14(20)12(17)9-18-13(19)11-6-4-10(8-16)5-7-11/h4-7,12H,8-9,17H2,1-3H3,(H,18,19). The zero-order chi connectivity index (χ0) is 16.0. The third-order valence-corrected chi connectivity index (χ3v) is 3.21. The van der Waals surface area contributed by atoms with Gasteiger partial charge in [0, 0.05) is 17.4 Å². The number of alkyl halides is 1. The molecule has 21 heavy (non-hydrogen) atoms. The summed E-state index contributed by atoms with van der Waals surface area (Å²) < 4.78 is 5.15. The number of halogens is 1. The minimum atomic E-state index is -0.880. The lowest BCUT2D eigenvalue weighted by Gasteiger charge is -2.22. The highest BCUT2D eigenvalue weighted by Crippen LogP contribution is 2.09. The van der Waals surface area contributed by atoms with Gasteiger partial charge in [-0.25, -0.2) is 0 Å². The zero-order valence-corrected chi connectivity index (χ0v) is 14.1. The monoisotopic (exact) mass is 356 g/mol. The molecule has 0 spiro atoms. The van der Waals surface area contributed by atoms with E-state index in [1.54, 1.807) is 32.9 Å². The van der Waals surface area contributed by atoms with Crippen molar-refractivity contribution < 1.29 is 14.3 Å². The molecule has 0 aromatic heterocycles. The quantitative estimate of drug-likeness (QED) is 0.624. The second kappa shape index (κ2) is 7.56. The fraction of sp³-hybridized carbons (Fsp3) is 0.467. The van der Waals surface area contributed by atoms with Crippen LogP contribution >= 0.6 is 15.9 Å². The first-order chi connectivity index (χ1) is 9.73. The molecule has 0 bridgehead atoms. The van der Waals surface area contributed by atoms with Gasteiger partial charge in [0.15, 0.2) is 0 Å². The van der Waals surface area contributed by atoms with Gasteiger partial charge in [0.2, 0.25) is 0 Å². The Morgan fingerprint density at radius 2 is 1.86 bits per heavy atom. The predicted molar refractivity (Wildman–Crippen MR) is 85.2 cm³/mol. The van der Waals surface area contributed by atoms with Crippen molar-refractivity contribution in [3.63, 3.8) is 0 Å². The summed E-state index contributed by atoms with van der Waals surface area (Å²) in [5, 5.41) is 3.36. The highest BCUT2D eigenvalue weighted by atomic mass is 79.9. The van der Waals surface area contributed by atoms with Gasteiger partial charge in [0.1, 0.15) is 11.6 Å². The highest BCUT2D eigenvalue weighted by Gasteiger charge is 2.22. The van der Waals surface area contributed by atoms with Crippen molar-refractivity contribution in [2.45, 2.75) is 37.7 Å². The van der Waals surface area contributed by atoms with Crippen LogP contribution in [0.4, 0.5) is 0 Å². The molecule has 0 saturated heterocycles. The van der Waals surface area contributed by atoms with Crippen LogP contribution in [0.1, 0.15) is 36.7 Å². The maximum atomic E-state index is 11.9. The molecular formula is C15H21BrN2O3. The van der Waals surface area contributed by atoms with Crippen molar-refractivity contribution in [2.75, 3.05) is 6.54 Å². The maximum Gasteiger partial charge on any atom is 0.325 e. The lowest BCUT2D eigenvalue weighted by atomic mass is 10.1. The normalized spacial score (nSPS) is 12.6. The molecule has 5 nitrogen and oxygen atoms in total. The van der Waals surface area contributed by atoms with E-state index in [4.69, 9.17) is 10.5 Å². The van der Waals surface area contributed by atoms with E-state index >= 15 is 0 Å². The van der Waals surface area contributed by atoms with Crippen molar-refractivity contribution in [1.82, 2.24) is 5.32 Å². The molecule has 0 aliphatic carbocycles. The Balaban J connectivity index is 2.50. The number of benzene rings is 1. The summed E-state index contributed by atoms with van der Waals surface area (Å²) in [6, 6.07) is 6.29. The van der Waals surface area contributed by atoms with Gasteiger partial charge in [0.05, 0.1) is 0 Å². The summed E-state index contributed by atoms with van der Waals surface area (Å²) >= 11 is 3.34. The van der Waals surface area contributed by atoms with Crippen molar-refractivity contribution >= 4 is 27.8 Å². The van der Waals surface area contributed by atoms with Crippen LogP contribution in [-0.2, 0) is 14.9 Å². The molecule has 1 aromatic carbocycles.